The van der Waals surface area contributed by atoms with Gasteiger partial charge in [0, 0.05) is 39.5 Å². The second-order valence-corrected chi connectivity index (χ2v) is 6.30. The lowest BCUT2D eigenvalue weighted by atomic mass is 10.1. The van der Waals surface area contributed by atoms with Crippen molar-refractivity contribution in [2.24, 2.45) is 4.99 Å². The van der Waals surface area contributed by atoms with Gasteiger partial charge in [-0.2, -0.15) is 0 Å². The summed E-state index contributed by atoms with van der Waals surface area (Å²) in [7, 11) is 3.39. The molecule has 0 fully saturated rings. The third kappa shape index (κ3) is 8.08. The first-order valence-electron chi connectivity index (χ1n) is 8.30. The highest BCUT2D eigenvalue weighted by Crippen LogP contribution is 2.19. The number of aromatic nitrogens is 1. The summed E-state index contributed by atoms with van der Waals surface area (Å²) >= 11 is 0. The minimum atomic E-state index is -0.303. The molecular weight excluding hydrogens is 462 g/mol. The van der Waals surface area contributed by atoms with Gasteiger partial charge in [-0.1, -0.05) is 6.07 Å². The van der Waals surface area contributed by atoms with Gasteiger partial charge in [-0.05, 0) is 43.7 Å². The molecule has 6 nitrogen and oxygen atoms in total. The van der Waals surface area contributed by atoms with Crippen molar-refractivity contribution in [1.82, 2.24) is 15.6 Å². The molecule has 0 bridgehead atoms. The van der Waals surface area contributed by atoms with Crippen LogP contribution in [0.25, 0.3) is 0 Å². The molecule has 1 aromatic carbocycles. The van der Waals surface area contributed by atoms with Crippen molar-refractivity contribution >= 4 is 29.9 Å². The van der Waals surface area contributed by atoms with Gasteiger partial charge in [0.2, 0.25) is 5.88 Å². The van der Waals surface area contributed by atoms with E-state index in [4.69, 9.17) is 9.47 Å². The third-order valence-corrected chi connectivity index (χ3v) is 3.75. The van der Waals surface area contributed by atoms with Crippen LogP contribution in [0.2, 0.25) is 0 Å². The zero-order chi connectivity index (χ0) is 19.0. The van der Waals surface area contributed by atoms with E-state index >= 15 is 0 Å². The van der Waals surface area contributed by atoms with Gasteiger partial charge in [0.1, 0.15) is 11.6 Å². The van der Waals surface area contributed by atoms with Crippen molar-refractivity contribution < 1.29 is 13.9 Å². The molecule has 0 saturated heterocycles. The zero-order valence-corrected chi connectivity index (χ0v) is 18.3. The van der Waals surface area contributed by atoms with Gasteiger partial charge in [-0.25, -0.2) is 9.37 Å². The molecule has 148 valence electrons. The topological polar surface area (TPSA) is 67.8 Å². The number of hydrogen-bond acceptors (Lipinski definition) is 4. The molecule has 2 N–H and O–H groups in total. The Kier molecular flexibility index (Phi) is 9.44. The summed E-state index contributed by atoms with van der Waals surface area (Å²) in [6, 6.07) is 9.48. The number of pyridine rings is 1. The maximum absolute atomic E-state index is 12.9. The van der Waals surface area contributed by atoms with Crippen molar-refractivity contribution in [2.75, 3.05) is 20.7 Å². The van der Waals surface area contributed by atoms with Gasteiger partial charge in [-0.3, -0.25) is 4.99 Å². The number of halogens is 2. The number of nitrogens with one attached hydrogen (secondary N) is 2. The van der Waals surface area contributed by atoms with Gasteiger partial charge < -0.3 is 20.1 Å². The Hall–Kier alpha value is -1.94. The van der Waals surface area contributed by atoms with Crippen LogP contribution in [0, 0.1) is 5.82 Å². The third-order valence-electron chi connectivity index (χ3n) is 3.75. The van der Waals surface area contributed by atoms with E-state index in [1.165, 1.54) is 12.1 Å². The maximum atomic E-state index is 12.9. The second kappa shape index (κ2) is 11.0. The molecule has 2 aromatic rings. The smallest absolute Gasteiger partial charge is 0.219 e. The SMILES string of the molecule is CN=C(NCc1ccc(Oc2ccc(F)cc2)nc1)NCC(C)(C)OC.I. The van der Waals surface area contributed by atoms with Crippen LogP contribution in [0.5, 0.6) is 11.6 Å². The van der Waals surface area contributed by atoms with E-state index in [1.807, 2.05) is 19.9 Å². The quantitative estimate of drug-likeness (QED) is 0.354. The molecule has 0 unspecified atom stereocenters. The highest BCUT2D eigenvalue weighted by atomic mass is 127. The molecule has 0 aliphatic heterocycles. The van der Waals surface area contributed by atoms with Crippen LogP contribution in [-0.4, -0.2) is 37.2 Å². The standard InChI is InChI=1S/C19H25FN4O2.HI/c1-19(2,25-4)13-24-18(21-3)23-12-14-5-10-17(22-11-14)26-16-8-6-15(20)7-9-16;/h5-11H,12-13H2,1-4H3,(H2,21,23,24);1H. The Balaban J connectivity index is 0.00000364. The molecule has 2 rings (SSSR count). The predicted molar refractivity (Wildman–Crippen MR) is 115 cm³/mol. The molecule has 0 radical (unpaired) electrons. The molecule has 0 aliphatic carbocycles. The van der Waals surface area contributed by atoms with Crippen molar-refractivity contribution in [2.45, 2.75) is 26.0 Å². The Bertz CT molecular complexity index is 721. The van der Waals surface area contributed by atoms with E-state index in [0.717, 1.165) is 5.56 Å². The molecule has 8 heteroatoms. The van der Waals surface area contributed by atoms with Gasteiger partial charge in [-0.15, -0.1) is 24.0 Å². The van der Waals surface area contributed by atoms with Crippen LogP contribution >= 0.6 is 24.0 Å². The first-order valence-corrected chi connectivity index (χ1v) is 8.30. The van der Waals surface area contributed by atoms with Gasteiger partial charge in [0.05, 0.1) is 5.60 Å². The minimum Gasteiger partial charge on any atom is -0.439 e. The van der Waals surface area contributed by atoms with Crippen molar-refractivity contribution in [3.8, 4) is 11.6 Å². The lowest BCUT2D eigenvalue weighted by molar-refractivity contribution is 0.0268. The molecule has 0 spiro atoms. The van der Waals surface area contributed by atoms with Crippen LogP contribution < -0.4 is 15.4 Å². The lowest BCUT2D eigenvalue weighted by Crippen LogP contribution is -2.45. The zero-order valence-electron chi connectivity index (χ0n) is 16.0. The summed E-state index contributed by atoms with van der Waals surface area (Å²) in [5.41, 5.74) is 0.698. The molecule has 0 amide bonds. The van der Waals surface area contributed by atoms with Crippen LogP contribution in [0.15, 0.2) is 47.6 Å². The molecule has 0 aliphatic rings. The van der Waals surface area contributed by atoms with E-state index in [2.05, 4.69) is 20.6 Å². The first-order chi connectivity index (χ1) is 12.4. The van der Waals surface area contributed by atoms with Crippen molar-refractivity contribution in [3.05, 3.63) is 54.0 Å². The monoisotopic (exact) mass is 488 g/mol. The fourth-order valence-electron chi connectivity index (χ4n) is 1.97. The summed E-state index contributed by atoms with van der Waals surface area (Å²) in [4.78, 5) is 8.45. The minimum absolute atomic E-state index is 0. The Morgan fingerprint density at radius 1 is 1.15 bits per heavy atom. The first kappa shape index (κ1) is 23.1. The van der Waals surface area contributed by atoms with E-state index in [0.29, 0.717) is 30.7 Å². The number of rotatable bonds is 7. The number of methoxy groups -OCH3 is 1. The summed E-state index contributed by atoms with van der Waals surface area (Å²) < 4.78 is 23.8. The summed E-state index contributed by atoms with van der Waals surface area (Å²) in [6.07, 6.45) is 1.72. The second-order valence-electron chi connectivity index (χ2n) is 6.30. The molecule has 0 atom stereocenters. The summed E-state index contributed by atoms with van der Waals surface area (Å²) in [5.74, 6) is 1.37. The van der Waals surface area contributed by atoms with E-state index in [9.17, 15) is 4.39 Å². The summed E-state index contributed by atoms with van der Waals surface area (Å²) in [5, 5.41) is 6.44. The van der Waals surface area contributed by atoms with Crippen molar-refractivity contribution in [1.29, 1.82) is 0 Å². The normalized spacial score (nSPS) is 11.5. The number of guanidine groups is 1. The molecule has 1 aromatic heterocycles. The van der Waals surface area contributed by atoms with Crippen molar-refractivity contribution in [3.63, 3.8) is 0 Å². The average Bonchev–Trinajstić information content (AvgIpc) is 2.65. The number of aliphatic imine (C=N–C) groups is 1. The molecule has 1 heterocycles. The van der Waals surface area contributed by atoms with E-state index < -0.39 is 0 Å². The number of hydrogen-bond donors (Lipinski definition) is 2. The van der Waals surface area contributed by atoms with Crippen LogP contribution in [0.3, 0.4) is 0 Å². The predicted octanol–water partition coefficient (Wildman–Crippen LogP) is 3.72. The van der Waals surface area contributed by atoms with Gasteiger partial charge in [0.15, 0.2) is 5.96 Å². The summed E-state index contributed by atoms with van der Waals surface area (Å²) in [6.45, 7) is 5.19. The van der Waals surface area contributed by atoms with E-state index in [-0.39, 0.29) is 35.4 Å². The van der Waals surface area contributed by atoms with Crippen LogP contribution in [0.4, 0.5) is 4.39 Å². The number of nitrogens with zero attached hydrogens (tertiary/aromatic N) is 2. The van der Waals surface area contributed by atoms with E-state index in [1.54, 1.807) is 38.6 Å². The number of benzene rings is 1. The fourth-order valence-corrected chi connectivity index (χ4v) is 1.97. The Morgan fingerprint density at radius 3 is 2.41 bits per heavy atom. The van der Waals surface area contributed by atoms with Crippen LogP contribution in [-0.2, 0) is 11.3 Å². The lowest BCUT2D eigenvalue weighted by Gasteiger charge is -2.24. The molecular formula is C19H26FIN4O2. The van der Waals surface area contributed by atoms with Crippen LogP contribution in [0.1, 0.15) is 19.4 Å². The highest BCUT2D eigenvalue weighted by molar-refractivity contribution is 14.0. The Morgan fingerprint density at radius 2 is 1.85 bits per heavy atom. The van der Waals surface area contributed by atoms with Gasteiger partial charge in [0.25, 0.3) is 0 Å². The average molecular weight is 488 g/mol. The van der Waals surface area contributed by atoms with Gasteiger partial charge >= 0.3 is 0 Å². The maximum Gasteiger partial charge on any atom is 0.219 e. The highest BCUT2D eigenvalue weighted by Gasteiger charge is 2.16. The Labute approximate surface area is 176 Å². The fraction of sp³-hybridized carbons (Fsp3) is 0.368. The molecule has 27 heavy (non-hydrogen) atoms. The molecule has 0 saturated carbocycles. The number of ether oxygens (including phenoxy) is 2. The largest absolute Gasteiger partial charge is 0.439 e.